The van der Waals surface area contributed by atoms with E-state index in [0.29, 0.717) is 12.6 Å². The average Bonchev–Trinajstić information content (AvgIpc) is 2.28. The lowest BCUT2D eigenvalue weighted by atomic mass is 9.91. The van der Waals surface area contributed by atoms with E-state index in [2.05, 4.69) is 4.90 Å². The van der Waals surface area contributed by atoms with Crippen LogP contribution in [-0.2, 0) is 0 Å². The van der Waals surface area contributed by atoms with Crippen LogP contribution in [0.5, 0.6) is 5.75 Å². The Kier molecular flexibility index (Phi) is 4.83. The third-order valence-electron chi connectivity index (χ3n) is 3.37. The molecule has 2 rings (SSSR count). The highest BCUT2D eigenvalue weighted by Gasteiger charge is 2.23. The molecule has 1 aliphatic carbocycles. The molecule has 0 bridgehead atoms. The second-order valence-corrected chi connectivity index (χ2v) is 4.51. The van der Waals surface area contributed by atoms with Gasteiger partial charge in [0.1, 0.15) is 12.4 Å². The first-order valence-corrected chi connectivity index (χ1v) is 6.43. The fraction of sp³-hybridized carbons (Fsp3) is 0.571. The molecule has 3 heteroatoms. The smallest absolute Gasteiger partial charge is 0.119 e. The Morgan fingerprint density at radius 3 is 2.53 bits per heavy atom. The van der Waals surface area contributed by atoms with E-state index in [1.165, 1.54) is 19.3 Å². The molecule has 0 unspecified atom stereocenters. The quantitative estimate of drug-likeness (QED) is 0.783. The first-order valence-electron chi connectivity index (χ1n) is 6.43. The molecule has 1 aliphatic rings. The first-order chi connectivity index (χ1) is 8.40. The maximum atomic E-state index is 9.04. The summed E-state index contributed by atoms with van der Waals surface area (Å²) in [6.45, 7) is 2.60. The Bertz CT molecular complexity index is 311. The van der Waals surface area contributed by atoms with E-state index in [1.54, 1.807) is 0 Å². The highest BCUT2D eigenvalue weighted by molar-refractivity contribution is 5.20. The van der Waals surface area contributed by atoms with Crippen molar-refractivity contribution in [1.82, 2.24) is 4.90 Å². The zero-order valence-corrected chi connectivity index (χ0v) is 10.2. The summed E-state index contributed by atoms with van der Waals surface area (Å²) in [7, 11) is 0. The van der Waals surface area contributed by atoms with Crippen LogP contribution in [0.25, 0.3) is 0 Å². The number of benzene rings is 1. The van der Waals surface area contributed by atoms with Crippen LogP contribution in [0, 0.1) is 0 Å². The highest BCUT2D eigenvalue weighted by atomic mass is 16.5. The van der Waals surface area contributed by atoms with Gasteiger partial charge in [-0.2, -0.15) is 0 Å². The molecule has 3 nitrogen and oxygen atoms in total. The van der Waals surface area contributed by atoms with Crippen molar-refractivity contribution in [2.75, 3.05) is 26.3 Å². The molecule has 0 atom stereocenters. The SMILES string of the molecule is OCCN(CCOc1ccccc1)C1CCC1. The molecule has 0 amide bonds. The number of para-hydroxylation sites is 1. The summed E-state index contributed by atoms with van der Waals surface area (Å²) < 4.78 is 5.68. The van der Waals surface area contributed by atoms with E-state index in [1.807, 2.05) is 30.3 Å². The van der Waals surface area contributed by atoms with Gasteiger partial charge in [0.15, 0.2) is 0 Å². The standard InChI is InChI=1S/C14H21NO2/c16-11-9-15(13-5-4-6-13)10-12-17-14-7-2-1-3-8-14/h1-3,7-8,13,16H,4-6,9-12H2. The van der Waals surface area contributed by atoms with Crippen molar-refractivity contribution >= 4 is 0 Å². The molecule has 1 saturated carbocycles. The number of rotatable bonds is 7. The van der Waals surface area contributed by atoms with Crippen LogP contribution in [0.2, 0.25) is 0 Å². The Morgan fingerprint density at radius 1 is 1.18 bits per heavy atom. The van der Waals surface area contributed by atoms with E-state index in [0.717, 1.165) is 18.8 Å². The van der Waals surface area contributed by atoms with Crippen LogP contribution in [-0.4, -0.2) is 42.4 Å². The largest absolute Gasteiger partial charge is 0.492 e. The fourth-order valence-corrected chi connectivity index (χ4v) is 2.15. The number of hydrogen-bond donors (Lipinski definition) is 1. The molecule has 0 radical (unpaired) electrons. The van der Waals surface area contributed by atoms with Crippen molar-refractivity contribution in [1.29, 1.82) is 0 Å². The Morgan fingerprint density at radius 2 is 1.94 bits per heavy atom. The van der Waals surface area contributed by atoms with Crippen molar-refractivity contribution in [3.8, 4) is 5.75 Å². The second kappa shape index (κ2) is 6.62. The van der Waals surface area contributed by atoms with E-state index in [9.17, 15) is 0 Å². The number of aliphatic hydroxyl groups is 1. The Balaban J connectivity index is 1.71. The van der Waals surface area contributed by atoms with E-state index >= 15 is 0 Å². The summed E-state index contributed by atoms with van der Waals surface area (Å²) in [5.41, 5.74) is 0. The van der Waals surface area contributed by atoms with E-state index < -0.39 is 0 Å². The van der Waals surface area contributed by atoms with Gasteiger partial charge in [0, 0.05) is 19.1 Å². The van der Waals surface area contributed by atoms with Gasteiger partial charge < -0.3 is 9.84 Å². The van der Waals surface area contributed by atoms with Gasteiger partial charge >= 0.3 is 0 Å². The predicted molar refractivity (Wildman–Crippen MR) is 68.2 cm³/mol. The third-order valence-corrected chi connectivity index (χ3v) is 3.37. The van der Waals surface area contributed by atoms with Crippen LogP contribution in [0.15, 0.2) is 30.3 Å². The van der Waals surface area contributed by atoms with Crippen LogP contribution in [0.4, 0.5) is 0 Å². The van der Waals surface area contributed by atoms with Crippen LogP contribution < -0.4 is 4.74 Å². The van der Waals surface area contributed by atoms with Crippen molar-refractivity contribution < 1.29 is 9.84 Å². The van der Waals surface area contributed by atoms with Crippen molar-refractivity contribution in [3.63, 3.8) is 0 Å². The molecule has 1 aromatic carbocycles. The van der Waals surface area contributed by atoms with Crippen molar-refractivity contribution in [3.05, 3.63) is 30.3 Å². The lowest BCUT2D eigenvalue weighted by Crippen LogP contribution is -2.43. The summed E-state index contributed by atoms with van der Waals surface area (Å²) in [6, 6.07) is 10.6. The zero-order chi connectivity index (χ0) is 11.9. The molecule has 1 aromatic rings. The van der Waals surface area contributed by atoms with Gasteiger partial charge in [-0.3, -0.25) is 4.90 Å². The van der Waals surface area contributed by atoms with Gasteiger partial charge in [-0.25, -0.2) is 0 Å². The molecule has 17 heavy (non-hydrogen) atoms. The summed E-state index contributed by atoms with van der Waals surface area (Å²) in [6.07, 6.45) is 3.86. The number of nitrogens with zero attached hydrogens (tertiary/aromatic N) is 1. The lowest BCUT2D eigenvalue weighted by molar-refractivity contribution is 0.0860. The molecule has 1 N–H and O–H groups in total. The highest BCUT2D eigenvalue weighted by Crippen LogP contribution is 2.24. The zero-order valence-electron chi connectivity index (χ0n) is 10.2. The summed E-state index contributed by atoms with van der Waals surface area (Å²) >= 11 is 0. The van der Waals surface area contributed by atoms with Crippen LogP contribution >= 0.6 is 0 Å². The molecule has 0 aromatic heterocycles. The lowest BCUT2D eigenvalue weighted by Gasteiger charge is -2.37. The molecule has 94 valence electrons. The van der Waals surface area contributed by atoms with Crippen molar-refractivity contribution in [2.45, 2.75) is 25.3 Å². The van der Waals surface area contributed by atoms with E-state index in [4.69, 9.17) is 9.84 Å². The van der Waals surface area contributed by atoms with Gasteiger partial charge in [0.25, 0.3) is 0 Å². The number of aliphatic hydroxyl groups excluding tert-OH is 1. The van der Waals surface area contributed by atoms with Gasteiger partial charge in [-0.1, -0.05) is 24.6 Å². The second-order valence-electron chi connectivity index (χ2n) is 4.51. The van der Waals surface area contributed by atoms with Crippen molar-refractivity contribution in [2.24, 2.45) is 0 Å². The normalized spacial score (nSPS) is 15.9. The van der Waals surface area contributed by atoms with Gasteiger partial charge in [-0.05, 0) is 25.0 Å². The van der Waals surface area contributed by atoms with Gasteiger partial charge in [0.05, 0.1) is 6.61 Å². The van der Waals surface area contributed by atoms with Crippen LogP contribution in [0.3, 0.4) is 0 Å². The van der Waals surface area contributed by atoms with Crippen LogP contribution in [0.1, 0.15) is 19.3 Å². The Labute approximate surface area is 103 Å². The van der Waals surface area contributed by atoms with Gasteiger partial charge in [-0.15, -0.1) is 0 Å². The third kappa shape index (κ3) is 3.72. The summed E-state index contributed by atoms with van der Waals surface area (Å²) in [5, 5.41) is 9.04. The number of hydrogen-bond acceptors (Lipinski definition) is 3. The summed E-state index contributed by atoms with van der Waals surface area (Å²) in [4.78, 5) is 2.34. The van der Waals surface area contributed by atoms with E-state index in [-0.39, 0.29) is 6.61 Å². The topological polar surface area (TPSA) is 32.7 Å². The number of ether oxygens (including phenoxy) is 1. The first kappa shape index (κ1) is 12.4. The molecule has 0 spiro atoms. The molecule has 0 heterocycles. The minimum atomic E-state index is 0.238. The molecular formula is C14H21NO2. The fourth-order valence-electron chi connectivity index (χ4n) is 2.15. The maximum absolute atomic E-state index is 9.04. The average molecular weight is 235 g/mol. The predicted octanol–water partition coefficient (Wildman–Crippen LogP) is 1.91. The Hall–Kier alpha value is -1.06. The molecule has 1 fully saturated rings. The monoisotopic (exact) mass is 235 g/mol. The maximum Gasteiger partial charge on any atom is 0.119 e. The molecular weight excluding hydrogens is 214 g/mol. The minimum Gasteiger partial charge on any atom is -0.492 e. The summed E-state index contributed by atoms with van der Waals surface area (Å²) in [5.74, 6) is 0.921. The molecule has 0 saturated heterocycles. The van der Waals surface area contributed by atoms with Gasteiger partial charge in [0.2, 0.25) is 0 Å². The minimum absolute atomic E-state index is 0.238. The molecule has 0 aliphatic heterocycles.